The van der Waals surface area contributed by atoms with E-state index in [9.17, 15) is 14.4 Å². The van der Waals surface area contributed by atoms with Crippen LogP contribution in [0.3, 0.4) is 0 Å². The maximum absolute atomic E-state index is 13.6. The largest absolute Gasteiger partial charge is 0.436 e. The number of ketones is 1. The molecule has 39 heavy (non-hydrogen) atoms. The molecule has 0 bridgehead atoms. The fraction of sp³-hybridized carbons (Fsp3) is 0.484. The Balaban J connectivity index is 1.54. The number of alkyl carbamates (subject to hydrolysis) is 1. The van der Waals surface area contributed by atoms with Crippen molar-refractivity contribution >= 4 is 28.9 Å². The van der Waals surface area contributed by atoms with E-state index in [-0.39, 0.29) is 11.8 Å². The first kappa shape index (κ1) is 28.3. The Bertz CT molecular complexity index is 1220. The molecule has 0 aliphatic heterocycles. The summed E-state index contributed by atoms with van der Waals surface area (Å²) in [6.07, 6.45) is 5.04. The molecule has 1 aliphatic rings. The lowest BCUT2D eigenvalue weighted by molar-refractivity contribution is -0.131. The number of carbonyl (C=O) groups excluding carboxylic acids is 3. The summed E-state index contributed by atoms with van der Waals surface area (Å²) in [5.74, 6) is -0.657. The number of rotatable bonds is 10. The third-order valence-electron chi connectivity index (χ3n) is 6.99. The van der Waals surface area contributed by atoms with Crippen LogP contribution in [-0.4, -0.2) is 40.5 Å². The van der Waals surface area contributed by atoms with E-state index < -0.39 is 35.5 Å². The molecular formula is C31H39N3O5. The zero-order valence-electron chi connectivity index (χ0n) is 23.1. The SMILES string of the molecule is CC(C)(C)NC(=O)O[C@@H](CC1CCCCC1)C(=O)N[C@@H](CCc1ccccc1)C(=O)c1nc2ccccc2o1. The van der Waals surface area contributed by atoms with E-state index in [2.05, 4.69) is 15.6 Å². The fourth-order valence-corrected chi connectivity index (χ4v) is 5.01. The van der Waals surface area contributed by atoms with E-state index in [1.54, 1.807) is 12.1 Å². The number of nitrogens with one attached hydrogen (secondary N) is 2. The summed E-state index contributed by atoms with van der Waals surface area (Å²) >= 11 is 0. The summed E-state index contributed by atoms with van der Waals surface area (Å²) in [5, 5.41) is 5.67. The lowest BCUT2D eigenvalue weighted by Gasteiger charge is -2.28. The van der Waals surface area contributed by atoms with Crippen LogP contribution in [0.25, 0.3) is 11.1 Å². The number of nitrogens with zero attached hydrogens (tertiary/aromatic N) is 1. The summed E-state index contributed by atoms with van der Waals surface area (Å²) in [7, 11) is 0. The van der Waals surface area contributed by atoms with E-state index in [0.29, 0.717) is 30.4 Å². The lowest BCUT2D eigenvalue weighted by Crippen LogP contribution is -2.50. The Morgan fingerprint density at radius 3 is 2.38 bits per heavy atom. The van der Waals surface area contributed by atoms with E-state index >= 15 is 0 Å². The second kappa shape index (κ2) is 12.9. The van der Waals surface area contributed by atoms with Gasteiger partial charge in [-0.15, -0.1) is 0 Å². The Morgan fingerprint density at radius 2 is 1.69 bits per heavy atom. The number of benzene rings is 2. The predicted molar refractivity (Wildman–Crippen MR) is 149 cm³/mol. The van der Waals surface area contributed by atoms with Gasteiger partial charge >= 0.3 is 6.09 Å². The van der Waals surface area contributed by atoms with Crippen molar-refractivity contribution in [2.75, 3.05) is 0 Å². The Kier molecular flexibility index (Phi) is 9.38. The van der Waals surface area contributed by atoms with Crippen molar-refractivity contribution in [3.63, 3.8) is 0 Å². The molecule has 2 amide bonds. The molecule has 1 aliphatic carbocycles. The highest BCUT2D eigenvalue weighted by molar-refractivity contribution is 6.00. The summed E-state index contributed by atoms with van der Waals surface area (Å²) in [6.45, 7) is 5.55. The third-order valence-corrected chi connectivity index (χ3v) is 6.99. The Labute approximate surface area is 229 Å². The van der Waals surface area contributed by atoms with Crippen molar-refractivity contribution < 1.29 is 23.5 Å². The average molecular weight is 534 g/mol. The second-order valence-electron chi connectivity index (χ2n) is 11.4. The molecule has 1 saturated carbocycles. The number of para-hydroxylation sites is 2. The van der Waals surface area contributed by atoms with Crippen molar-refractivity contribution in [2.24, 2.45) is 5.92 Å². The Hall–Kier alpha value is -3.68. The van der Waals surface area contributed by atoms with Gasteiger partial charge in [-0.05, 0) is 63.6 Å². The quantitative estimate of drug-likeness (QED) is 0.310. The number of ether oxygens (including phenoxy) is 1. The molecular weight excluding hydrogens is 494 g/mol. The average Bonchev–Trinajstić information content (AvgIpc) is 3.35. The third kappa shape index (κ3) is 8.40. The number of amides is 2. The van der Waals surface area contributed by atoms with Gasteiger partial charge in [0.1, 0.15) is 5.52 Å². The molecule has 1 aromatic heterocycles. The zero-order valence-corrected chi connectivity index (χ0v) is 23.1. The first-order chi connectivity index (χ1) is 18.7. The lowest BCUT2D eigenvalue weighted by atomic mass is 9.85. The van der Waals surface area contributed by atoms with E-state index in [0.717, 1.165) is 31.2 Å². The van der Waals surface area contributed by atoms with Gasteiger partial charge in [0.2, 0.25) is 5.78 Å². The highest BCUT2D eigenvalue weighted by atomic mass is 16.6. The molecule has 0 radical (unpaired) electrons. The van der Waals surface area contributed by atoms with Crippen LogP contribution in [0.4, 0.5) is 4.79 Å². The van der Waals surface area contributed by atoms with Crippen LogP contribution < -0.4 is 10.6 Å². The first-order valence-electron chi connectivity index (χ1n) is 13.9. The molecule has 208 valence electrons. The van der Waals surface area contributed by atoms with Crippen molar-refractivity contribution in [1.82, 2.24) is 15.6 Å². The van der Waals surface area contributed by atoms with Gasteiger partial charge in [0, 0.05) is 5.54 Å². The van der Waals surface area contributed by atoms with Gasteiger partial charge in [-0.1, -0.05) is 74.6 Å². The monoisotopic (exact) mass is 533 g/mol. The molecule has 2 aromatic carbocycles. The number of aryl methyl sites for hydroxylation is 1. The van der Waals surface area contributed by atoms with Crippen LogP contribution in [0.1, 0.15) is 82.0 Å². The van der Waals surface area contributed by atoms with Crippen LogP contribution in [0.5, 0.6) is 0 Å². The molecule has 2 atom stereocenters. The van der Waals surface area contributed by atoms with Crippen LogP contribution in [0.15, 0.2) is 59.0 Å². The summed E-state index contributed by atoms with van der Waals surface area (Å²) in [6, 6.07) is 16.0. The first-order valence-corrected chi connectivity index (χ1v) is 13.9. The van der Waals surface area contributed by atoms with E-state index in [1.165, 1.54) is 6.42 Å². The van der Waals surface area contributed by atoms with Gasteiger partial charge in [-0.3, -0.25) is 9.59 Å². The molecule has 8 heteroatoms. The molecule has 3 aromatic rings. The van der Waals surface area contributed by atoms with Gasteiger partial charge < -0.3 is 19.8 Å². The standard InChI is InChI=1S/C31H39N3O5/c1-31(2,3)34-30(37)39-26(20-22-14-8-5-9-15-22)28(36)32-24(19-18-21-12-6-4-7-13-21)27(35)29-33-23-16-10-11-17-25(23)38-29/h4,6-7,10-13,16-17,22,24,26H,5,8-9,14-15,18-20H2,1-3H3,(H,32,36)(H,34,37)/t24-,26-/m0/s1. The number of fused-ring (bicyclic) bond motifs is 1. The van der Waals surface area contributed by atoms with E-state index in [1.807, 2.05) is 63.2 Å². The van der Waals surface area contributed by atoms with E-state index in [4.69, 9.17) is 9.15 Å². The van der Waals surface area contributed by atoms with Gasteiger partial charge in [0.25, 0.3) is 11.8 Å². The highest BCUT2D eigenvalue weighted by Gasteiger charge is 2.33. The topological polar surface area (TPSA) is 111 Å². The van der Waals surface area contributed by atoms with Crippen molar-refractivity contribution in [3.8, 4) is 0 Å². The molecule has 8 nitrogen and oxygen atoms in total. The smallest absolute Gasteiger partial charge is 0.408 e. The highest BCUT2D eigenvalue weighted by Crippen LogP contribution is 2.28. The normalized spacial score (nSPS) is 15.9. The van der Waals surface area contributed by atoms with Crippen molar-refractivity contribution in [3.05, 3.63) is 66.1 Å². The van der Waals surface area contributed by atoms with Crippen LogP contribution in [-0.2, 0) is 16.0 Å². The number of oxazole rings is 1. The molecule has 0 unspecified atom stereocenters. The second-order valence-corrected chi connectivity index (χ2v) is 11.4. The van der Waals surface area contributed by atoms with Crippen LogP contribution in [0, 0.1) is 5.92 Å². The van der Waals surface area contributed by atoms with Gasteiger partial charge in [0.15, 0.2) is 11.7 Å². The minimum atomic E-state index is -1.01. The molecule has 2 N–H and O–H groups in total. The molecule has 0 saturated heterocycles. The van der Waals surface area contributed by atoms with Crippen LogP contribution >= 0.6 is 0 Å². The molecule has 0 spiro atoms. The Morgan fingerprint density at radius 1 is 1.00 bits per heavy atom. The number of hydrogen-bond acceptors (Lipinski definition) is 6. The van der Waals surface area contributed by atoms with Gasteiger partial charge in [-0.2, -0.15) is 0 Å². The van der Waals surface area contributed by atoms with Gasteiger partial charge in [0.05, 0.1) is 6.04 Å². The number of hydrogen-bond donors (Lipinski definition) is 2. The van der Waals surface area contributed by atoms with Crippen molar-refractivity contribution in [1.29, 1.82) is 0 Å². The maximum atomic E-state index is 13.6. The maximum Gasteiger partial charge on any atom is 0.408 e. The molecule has 1 fully saturated rings. The summed E-state index contributed by atoms with van der Waals surface area (Å²) < 4.78 is 11.4. The minimum absolute atomic E-state index is 0.0511. The zero-order chi connectivity index (χ0) is 27.8. The number of Topliss-reactive ketones (excluding diaryl/α,β-unsaturated/α-hetero) is 1. The number of aromatic nitrogens is 1. The molecule has 4 rings (SSSR count). The predicted octanol–water partition coefficient (Wildman–Crippen LogP) is 5.99. The fourth-order valence-electron chi connectivity index (χ4n) is 5.01. The summed E-state index contributed by atoms with van der Waals surface area (Å²) in [4.78, 5) is 44.3. The number of carbonyl (C=O) groups is 3. The van der Waals surface area contributed by atoms with Gasteiger partial charge in [-0.25, -0.2) is 9.78 Å². The summed E-state index contributed by atoms with van der Waals surface area (Å²) in [5.41, 5.74) is 1.61. The molecule has 1 heterocycles. The van der Waals surface area contributed by atoms with Crippen LogP contribution in [0.2, 0.25) is 0 Å². The minimum Gasteiger partial charge on any atom is -0.436 e. The van der Waals surface area contributed by atoms with Crippen molar-refractivity contribution in [2.45, 2.75) is 89.8 Å².